The van der Waals surface area contributed by atoms with Crippen molar-refractivity contribution in [2.75, 3.05) is 24.7 Å². The second kappa shape index (κ2) is 8.23. The molecule has 0 heterocycles. The summed E-state index contributed by atoms with van der Waals surface area (Å²) in [4.78, 5) is 12.9. The molecule has 4 N–H and O–H groups in total. The van der Waals surface area contributed by atoms with Crippen molar-refractivity contribution >= 4 is 33.2 Å². The van der Waals surface area contributed by atoms with Crippen LogP contribution in [0.5, 0.6) is 5.75 Å². The summed E-state index contributed by atoms with van der Waals surface area (Å²) in [5.74, 6) is 6.95. The molecule has 29 heavy (non-hydrogen) atoms. The van der Waals surface area contributed by atoms with Crippen LogP contribution in [0, 0.1) is 29.6 Å². The van der Waals surface area contributed by atoms with Crippen molar-refractivity contribution < 1.29 is 18.3 Å². The van der Waals surface area contributed by atoms with E-state index in [-0.39, 0.29) is 21.6 Å². The molecule has 1 fully saturated rings. The highest BCUT2D eigenvalue weighted by atomic mass is 79.9. The van der Waals surface area contributed by atoms with Crippen molar-refractivity contribution in [3.63, 3.8) is 0 Å². The van der Waals surface area contributed by atoms with E-state index in [2.05, 4.69) is 45.3 Å². The molecular weight excluding hydrogens is 444 g/mol. The van der Waals surface area contributed by atoms with Gasteiger partial charge in [0.25, 0.3) is 12.3 Å². The molecule has 1 saturated carbocycles. The number of nitrogens with one attached hydrogen (secondary N) is 2. The molecule has 2 aliphatic rings. The predicted octanol–water partition coefficient (Wildman–Crippen LogP) is 4.01. The summed E-state index contributed by atoms with van der Waals surface area (Å²) in [7, 11) is 1.64. The Morgan fingerprint density at radius 2 is 2.17 bits per heavy atom. The van der Waals surface area contributed by atoms with Crippen molar-refractivity contribution in [1.82, 2.24) is 5.32 Å². The van der Waals surface area contributed by atoms with E-state index in [1.807, 2.05) is 13.0 Å². The fraction of sp³-hybridized carbons (Fsp3) is 0.476. The quantitative estimate of drug-likeness (QED) is 0.321. The minimum Gasteiger partial charge on any atom is -0.487 e. The highest BCUT2D eigenvalue weighted by Crippen LogP contribution is 2.51. The number of amides is 1. The average molecular weight is 468 g/mol. The van der Waals surface area contributed by atoms with Gasteiger partial charge in [-0.1, -0.05) is 28.8 Å². The van der Waals surface area contributed by atoms with E-state index in [1.54, 1.807) is 7.05 Å². The molecule has 4 atom stereocenters. The zero-order valence-electron chi connectivity index (χ0n) is 16.5. The monoisotopic (exact) mass is 467 g/mol. The highest BCUT2D eigenvalue weighted by Gasteiger charge is 2.46. The van der Waals surface area contributed by atoms with E-state index in [1.165, 1.54) is 12.1 Å². The van der Waals surface area contributed by atoms with Gasteiger partial charge in [-0.2, -0.15) is 0 Å². The first-order chi connectivity index (χ1) is 13.6. The van der Waals surface area contributed by atoms with Crippen molar-refractivity contribution in [3.8, 4) is 17.6 Å². The van der Waals surface area contributed by atoms with Crippen LogP contribution >= 0.6 is 15.9 Å². The van der Waals surface area contributed by atoms with E-state index < -0.39 is 18.9 Å². The van der Waals surface area contributed by atoms with E-state index >= 15 is 0 Å². The Morgan fingerprint density at radius 1 is 1.48 bits per heavy atom. The minimum atomic E-state index is -2.66. The van der Waals surface area contributed by atoms with E-state index in [0.717, 1.165) is 6.42 Å². The largest absolute Gasteiger partial charge is 0.487 e. The van der Waals surface area contributed by atoms with Gasteiger partial charge < -0.3 is 21.1 Å². The van der Waals surface area contributed by atoms with Crippen molar-refractivity contribution in [2.45, 2.75) is 31.0 Å². The Labute approximate surface area is 177 Å². The lowest BCUT2D eigenvalue weighted by Crippen LogP contribution is -2.33. The molecule has 0 aliphatic heterocycles. The van der Waals surface area contributed by atoms with E-state index in [4.69, 9.17) is 10.5 Å². The number of rotatable bonds is 7. The molecule has 1 aromatic carbocycles. The molecule has 0 bridgehead atoms. The highest BCUT2D eigenvalue weighted by molar-refractivity contribution is 9.10. The Balaban J connectivity index is 1.85. The number of hydrogen-bond acceptors (Lipinski definition) is 4. The third-order valence-electron chi connectivity index (χ3n) is 5.33. The van der Waals surface area contributed by atoms with Gasteiger partial charge in [0.05, 0.1) is 27.0 Å². The van der Waals surface area contributed by atoms with Gasteiger partial charge >= 0.3 is 0 Å². The van der Waals surface area contributed by atoms with Crippen molar-refractivity contribution in [2.24, 2.45) is 17.8 Å². The molecule has 3 unspecified atom stereocenters. The number of halogens is 3. The molecule has 0 radical (unpaired) electrons. The van der Waals surface area contributed by atoms with Crippen molar-refractivity contribution in [1.29, 1.82) is 0 Å². The van der Waals surface area contributed by atoms with Gasteiger partial charge in [-0.15, -0.1) is 0 Å². The molecule has 0 spiro atoms. The number of alkyl halides is 3. The molecule has 156 valence electrons. The van der Waals surface area contributed by atoms with Crippen LogP contribution in [0.4, 0.5) is 20.2 Å². The topological polar surface area (TPSA) is 76.4 Å². The first-order valence-corrected chi connectivity index (χ1v) is 10.2. The first-order valence-electron chi connectivity index (χ1n) is 9.40. The number of carbonyl (C=O) groups is 1. The maximum Gasteiger partial charge on any atom is 0.272 e. The average Bonchev–Trinajstić information content (AvgIpc) is 3.37. The standard InChI is InChI=1S/C21H24BrF2N3O2/c1-11-6-13(11)15-7-12(4-5-21(15,2)22)27-20(28)14-8-16(25)17(26-3)9-18(14)29-10-19(23)24/h7-9,11,13,15,19,26H,6,10,25H2,1-3H3,(H,27,28)/t11?,13-,15?,21?/m1/s1. The smallest absolute Gasteiger partial charge is 0.272 e. The molecule has 5 nitrogen and oxygen atoms in total. The lowest BCUT2D eigenvalue weighted by atomic mass is 9.85. The number of nitrogen functional groups attached to an aromatic ring is 1. The summed E-state index contributed by atoms with van der Waals surface area (Å²) in [6.07, 6.45) is 0.438. The molecule has 2 aliphatic carbocycles. The van der Waals surface area contributed by atoms with Crippen LogP contribution in [0.25, 0.3) is 0 Å². The predicted molar refractivity (Wildman–Crippen MR) is 113 cm³/mol. The lowest BCUT2D eigenvalue weighted by Gasteiger charge is -2.29. The maximum atomic E-state index is 12.9. The molecular formula is C21H24BrF2N3O2. The Bertz CT molecular complexity index is 905. The van der Waals surface area contributed by atoms with Crippen LogP contribution < -0.4 is 21.1 Å². The zero-order valence-corrected chi connectivity index (χ0v) is 18.1. The normalized spacial score (nSPS) is 27.6. The number of benzene rings is 1. The molecule has 8 heteroatoms. The Kier molecular flexibility index (Phi) is 6.08. The minimum absolute atomic E-state index is 0.0309. The fourth-order valence-corrected chi connectivity index (χ4v) is 4.12. The molecule has 0 aromatic heterocycles. The second-order valence-electron chi connectivity index (χ2n) is 7.65. The number of carbonyl (C=O) groups excluding carboxylic acids is 1. The van der Waals surface area contributed by atoms with Gasteiger partial charge in [-0.25, -0.2) is 8.78 Å². The van der Waals surface area contributed by atoms with Gasteiger partial charge in [0, 0.05) is 19.0 Å². The summed E-state index contributed by atoms with van der Waals surface area (Å²) >= 11 is 3.69. The second-order valence-corrected chi connectivity index (χ2v) is 9.30. The van der Waals surface area contributed by atoms with E-state index in [0.29, 0.717) is 28.9 Å². The Morgan fingerprint density at radius 3 is 2.76 bits per heavy atom. The summed E-state index contributed by atoms with van der Waals surface area (Å²) in [6, 6.07) is 2.85. The van der Waals surface area contributed by atoms with E-state index in [9.17, 15) is 13.6 Å². The Hall–Kier alpha value is -2.27. The van der Waals surface area contributed by atoms with Crippen LogP contribution in [0.3, 0.4) is 0 Å². The van der Waals surface area contributed by atoms with Crippen LogP contribution in [0.1, 0.15) is 30.6 Å². The summed E-state index contributed by atoms with van der Waals surface area (Å²) < 4.78 is 30.0. The SMILES string of the molecule is CNc1cc(OCC(F)F)c(C(=O)NC2=CC([C@@H]3CC3C)C(C)(Br)C#C2)cc1N. The van der Waals surface area contributed by atoms with Gasteiger partial charge in [0.15, 0.2) is 0 Å². The van der Waals surface area contributed by atoms with Crippen molar-refractivity contribution in [3.05, 3.63) is 29.5 Å². The van der Waals surface area contributed by atoms with Gasteiger partial charge in [-0.3, -0.25) is 4.79 Å². The zero-order chi connectivity index (χ0) is 21.3. The summed E-state index contributed by atoms with van der Waals surface area (Å²) in [6.45, 7) is 3.40. The number of anilines is 2. The molecule has 1 aromatic rings. The first kappa shape index (κ1) is 21.4. The third-order valence-corrected chi connectivity index (χ3v) is 6.05. The molecule has 0 saturated heterocycles. The summed E-state index contributed by atoms with van der Waals surface area (Å²) in [5.41, 5.74) is 7.32. The van der Waals surface area contributed by atoms with Crippen LogP contribution in [-0.2, 0) is 0 Å². The molecule has 1 amide bonds. The van der Waals surface area contributed by atoms with Crippen LogP contribution in [-0.4, -0.2) is 30.3 Å². The third kappa shape index (κ3) is 4.84. The maximum absolute atomic E-state index is 12.9. The number of ether oxygens (including phenoxy) is 1. The summed E-state index contributed by atoms with van der Waals surface area (Å²) in [5, 5.41) is 5.62. The number of allylic oxidation sites excluding steroid dienone is 2. The number of hydrogen-bond donors (Lipinski definition) is 3. The van der Waals surface area contributed by atoms with Gasteiger partial charge in [0.1, 0.15) is 12.4 Å². The number of nitrogens with two attached hydrogens (primary N) is 1. The lowest BCUT2D eigenvalue weighted by molar-refractivity contribution is 0.0797. The molecule has 3 rings (SSSR count). The van der Waals surface area contributed by atoms with Crippen LogP contribution in [0.2, 0.25) is 0 Å². The van der Waals surface area contributed by atoms with Gasteiger partial charge in [-0.05, 0) is 43.2 Å². The van der Waals surface area contributed by atoms with Gasteiger partial charge in [0.2, 0.25) is 0 Å². The van der Waals surface area contributed by atoms with Crippen LogP contribution in [0.15, 0.2) is 23.9 Å². The fourth-order valence-electron chi connectivity index (χ4n) is 3.55.